The van der Waals surface area contributed by atoms with E-state index in [-0.39, 0.29) is 55.0 Å². The Balaban J connectivity index is 1.58. The molecule has 1 aliphatic heterocycles. The van der Waals surface area contributed by atoms with E-state index in [1.807, 2.05) is 93.6 Å². The van der Waals surface area contributed by atoms with Crippen LogP contribution in [0.5, 0.6) is 0 Å². The second-order valence-electron chi connectivity index (χ2n) is 11.2. The Hall–Kier alpha value is -3.74. The first-order chi connectivity index (χ1) is 18.1. The molecule has 1 unspecified atom stereocenters. The number of fused-ring (bicyclic) bond motifs is 1. The average molecular weight is 516 g/mol. The van der Waals surface area contributed by atoms with Gasteiger partial charge < -0.3 is 10.2 Å². The molecule has 2 aromatic rings. The molecule has 0 saturated carbocycles. The molecule has 1 N–H and O–H groups in total. The van der Waals surface area contributed by atoms with E-state index in [2.05, 4.69) is 5.32 Å². The lowest BCUT2D eigenvalue weighted by molar-refractivity contribution is -0.144. The van der Waals surface area contributed by atoms with Crippen LogP contribution in [0.1, 0.15) is 51.2 Å². The first kappa shape index (κ1) is 27.3. The predicted octanol–water partition coefficient (Wildman–Crippen LogP) is 3.88. The Kier molecular flexibility index (Phi) is 8.45. The van der Waals surface area contributed by atoms with Crippen molar-refractivity contribution in [2.75, 3.05) is 6.54 Å². The SMILES string of the molecule is CC(C)(C)NC(=O)C(Cc1ccccc1)N(Cc1ccccc1)C(=O)CCN1C(=O)[C@H]2CC=CC[C@H]2C1=O. The Labute approximate surface area is 224 Å². The van der Waals surface area contributed by atoms with E-state index in [1.54, 1.807) is 4.90 Å². The highest BCUT2D eigenvalue weighted by Gasteiger charge is 2.47. The van der Waals surface area contributed by atoms with Crippen molar-refractivity contribution in [3.8, 4) is 0 Å². The molecule has 2 aliphatic rings. The first-order valence-electron chi connectivity index (χ1n) is 13.3. The van der Waals surface area contributed by atoms with Crippen molar-refractivity contribution in [2.24, 2.45) is 11.8 Å². The molecular formula is C31H37N3O4. The van der Waals surface area contributed by atoms with Gasteiger partial charge in [-0.1, -0.05) is 72.8 Å². The molecule has 0 aromatic heterocycles. The summed E-state index contributed by atoms with van der Waals surface area (Å²) in [4.78, 5) is 56.2. The lowest BCUT2D eigenvalue weighted by Gasteiger charge is -2.34. The van der Waals surface area contributed by atoms with Crippen LogP contribution in [0.4, 0.5) is 0 Å². The Morgan fingerprint density at radius 2 is 1.42 bits per heavy atom. The fourth-order valence-corrected chi connectivity index (χ4v) is 5.23. The zero-order valence-electron chi connectivity index (χ0n) is 22.4. The van der Waals surface area contributed by atoms with Crippen molar-refractivity contribution in [3.63, 3.8) is 0 Å². The summed E-state index contributed by atoms with van der Waals surface area (Å²) in [7, 11) is 0. The highest BCUT2D eigenvalue weighted by atomic mass is 16.2. The van der Waals surface area contributed by atoms with E-state index in [0.717, 1.165) is 11.1 Å². The standard InChI is InChI=1S/C31H37N3O4/c1-31(2,3)32-28(36)26(20-22-12-6-4-7-13-22)34(21-23-14-8-5-9-15-23)27(35)18-19-33-29(37)24-16-10-11-17-25(24)30(33)38/h4-15,24-26H,16-21H2,1-3H3,(H,32,36)/t24-,25+,26?. The summed E-state index contributed by atoms with van der Waals surface area (Å²) in [5.74, 6) is -1.56. The lowest BCUT2D eigenvalue weighted by Crippen LogP contribution is -2.54. The highest BCUT2D eigenvalue weighted by molar-refractivity contribution is 6.05. The molecule has 0 bridgehead atoms. The maximum Gasteiger partial charge on any atom is 0.243 e. The Morgan fingerprint density at radius 3 is 1.95 bits per heavy atom. The molecule has 7 heteroatoms. The summed E-state index contributed by atoms with van der Waals surface area (Å²) < 4.78 is 0. The van der Waals surface area contributed by atoms with Crippen molar-refractivity contribution in [3.05, 3.63) is 83.9 Å². The van der Waals surface area contributed by atoms with Crippen LogP contribution in [0.15, 0.2) is 72.8 Å². The molecular weight excluding hydrogens is 478 g/mol. The van der Waals surface area contributed by atoms with E-state index in [1.165, 1.54) is 4.90 Å². The second-order valence-corrected chi connectivity index (χ2v) is 11.2. The van der Waals surface area contributed by atoms with Gasteiger partial charge >= 0.3 is 0 Å². The fraction of sp³-hybridized carbons (Fsp3) is 0.419. The second kappa shape index (κ2) is 11.8. The van der Waals surface area contributed by atoms with Gasteiger partial charge in [-0.2, -0.15) is 0 Å². The average Bonchev–Trinajstić information content (AvgIpc) is 3.14. The number of likely N-dealkylation sites (tertiary alicyclic amines) is 1. The number of imide groups is 1. The summed E-state index contributed by atoms with van der Waals surface area (Å²) in [6.45, 7) is 5.99. The summed E-state index contributed by atoms with van der Waals surface area (Å²) in [6, 6.07) is 18.4. The molecule has 38 heavy (non-hydrogen) atoms. The number of carbonyl (C=O) groups is 4. The minimum absolute atomic E-state index is 0.0216. The highest BCUT2D eigenvalue weighted by Crippen LogP contribution is 2.35. The van der Waals surface area contributed by atoms with Gasteiger partial charge in [0.15, 0.2) is 0 Å². The number of carbonyl (C=O) groups excluding carboxylic acids is 4. The quantitative estimate of drug-likeness (QED) is 0.406. The van der Waals surface area contributed by atoms with Crippen LogP contribution in [-0.2, 0) is 32.1 Å². The van der Waals surface area contributed by atoms with Crippen LogP contribution in [0.25, 0.3) is 0 Å². The van der Waals surface area contributed by atoms with Crippen LogP contribution in [0.3, 0.4) is 0 Å². The molecule has 0 radical (unpaired) electrons. The van der Waals surface area contributed by atoms with Crippen LogP contribution in [0, 0.1) is 11.8 Å². The van der Waals surface area contributed by atoms with Crippen LogP contribution in [0.2, 0.25) is 0 Å². The number of benzene rings is 2. The van der Waals surface area contributed by atoms with Gasteiger partial charge in [0.2, 0.25) is 23.6 Å². The smallest absolute Gasteiger partial charge is 0.243 e. The van der Waals surface area contributed by atoms with E-state index >= 15 is 0 Å². The fourth-order valence-electron chi connectivity index (χ4n) is 5.23. The van der Waals surface area contributed by atoms with Crippen molar-refractivity contribution in [1.82, 2.24) is 15.1 Å². The zero-order valence-corrected chi connectivity index (χ0v) is 22.4. The molecule has 4 rings (SSSR count). The first-order valence-corrected chi connectivity index (χ1v) is 13.3. The molecule has 3 atom stereocenters. The van der Waals surface area contributed by atoms with Gasteiger partial charge in [-0.15, -0.1) is 0 Å². The zero-order chi connectivity index (χ0) is 27.3. The van der Waals surface area contributed by atoms with E-state index in [0.29, 0.717) is 19.3 Å². The molecule has 0 spiro atoms. The Morgan fingerprint density at radius 1 is 0.895 bits per heavy atom. The summed E-state index contributed by atoms with van der Waals surface area (Å²) >= 11 is 0. The molecule has 1 aliphatic carbocycles. The number of nitrogens with one attached hydrogen (secondary N) is 1. The monoisotopic (exact) mass is 515 g/mol. The third-order valence-electron chi connectivity index (χ3n) is 7.11. The third kappa shape index (κ3) is 6.57. The van der Waals surface area contributed by atoms with Crippen LogP contribution < -0.4 is 5.32 Å². The minimum atomic E-state index is -0.763. The summed E-state index contributed by atoms with van der Waals surface area (Å²) in [6.07, 6.45) is 5.33. The normalized spacial score (nSPS) is 19.7. The number of amides is 4. The van der Waals surface area contributed by atoms with Gasteiger partial charge in [0, 0.05) is 31.5 Å². The number of hydrogen-bond donors (Lipinski definition) is 1. The molecule has 2 aromatic carbocycles. The molecule has 1 saturated heterocycles. The van der Waals surface area contributed by atoms with E-state index < -0.39 is 11.6 Å². The van der Waals surface area contributed by atoms with Gasteiger partial charge in [-0.25, -0.2) is 0 Å². The molecule has 1 heterocycles. The minimum Gasteiger partial charge on any atom is -0.350 e. The molecule has 7 nitrogen and oxygen atoms in total. The predicted molar refractivity (Wildman–Crippen MR) is 146 cm³/mol. The van der Waals surface area contributed by atoms with Gasteiger partial charge in [0.25, 0.3) is 0 Å². The van der Waals surface area contributed by atoms with Crippen molar-refractivity contribution in [2.45, 2.75) is 64.6 Å². The molecule has 200 valence electrons. The van der Waals surface area contributed by atoms with Gasteiger partial charge in [0.1, 0.15) is 6.04 Å². The topological polar surface area (TPSA) is 86.8 Å². The van der Waals surface area contributed by atoms with E-state index in [9.17, 15) is 19.2 Å². The third-order valence-corrected chi connectivity index (χ3v) is 7.11. The molecule has 1 fully saturated rings. The maximum absolute atomic E-state index is 13.8. The summed E-state index contributed by atoms with van der Waals surface area (Å²) in [5.41, 5.74) is 1.36. The largest absolute Gasteiger partial charge is 0.350 e. The van der Waals surface area contributed by atoms with Crippen molar-refractivity contribution >= 4 is 23.6 Å². The summed E-state index contributed by atoms with van der Waals surface area (Å²) in [5, 5.41) is 3.05. The number of allylic oxidation sites excluding steroid dienone is 2. The van der Waals surface area contributed by atoms with E-state index in [4.69, 9.17) is 0 Å². The van der Waals surface area contributed by atoms with Gasteiger partial charge in [0.05, 0.1) is 11.8 Å². The number of nitrogens with zero attached hydrogens (tertiary/aromatic N) is 2. The van der Waals surface area contributed by atoms with Crippen LogP contribution >= 0.6 is 0 Å². The Bertz CT molecular complexity index is 1160. The molecule has 4 amide bonds. The van der Waals surface area contributed by atoms with Gasteiger partial charge in [-0.05, 0) is 44.7 Å². The van der Waals surface area contributed by atoms with Crippen LogP contribution in [-0.4, -0.2) is 51.6 Å². The van der Waals surface area contributed by atoms with Crippen molar-refractivity contribution < 1.29 is 19.2 Å². The number of hydrogen-bond acceptors (Lipinski definition) is 4. The van der Waals surface area contributed by atoms with Crippen molar-refractivity contribution in [1.29, 1.82) is 0 Å². The maximum atomic E-state index is 13.8. The number of rotatable bonds is 9. The van der Waals surface area contributed by atoms with Gasteiger partial charge in [-0.3, -0.25) is 24.1 Å². The lowest BCUT2D eigenvalue weighted by atomic mass is 9.85.